The minimum absolute atomic E-state index is 0.561. The molecular weight excluding hydrogens is 136 g/mol. The van der Waals surface area contributed by atoms with Crippen LogP contribution in [0, 0.1) is 17.3 Å². The monoisotopic (exact) mass is 152 g/mol. The van der Waals surface area contributed by atoms with Gasteiger partial charge in [-0.1, -0.05) is 0 Å². The molecule has 2 nitrogen and oxygen atoms in total. The Kier molecular flexibility index (Phi) is 1.06. The summed E-state index contributed by atoms with van der Waals surface area (Å²) in [6.07, 6.45) is 4.18. The van der Waals surface area contributed by atoms with E-state index < -0.39 is 0 Å². The highest BCUT2D eigenvalue weighted by Crippen LogP contribution is 2.65. The van der Waals surface area contributed by atoms with Crippen molar-refractivity contribution >= 4 is 0 Å². The Hall–Kier alpha value is -0.0800. The van der Waals surface area contributed by atoms with Crippen LogP contribution >= 0.6 is 0 Å². The molecule has 0 bridgehead atoms. The van der Waals surface area contributed by atoms with Crippen LogP contribution in [0.3, 0.4) is 0 Å². The zero-order chi connectivity index (χ0) is 7.47. The van der Waals surface area contributed by atoms with Crippen molar-refractivity contribution in [1.29, 1.82) is 0 Å². The molecular formula is C9H16N2. The molecule has 1 saturated heterocycles. The molecule has 0 aromatic carbocycles. The standard InChI is InChI=1S/C9H16N2/c10-8-6-1-3-9(6)5-11-4-2-7(8)9/h6-8,11H,1-5,10H2/t6?,7?,8-,9?/m1/s1. The summed E-state index contributed by atoms with van der Waals surface area (Å²) in [4.78, 5) is 0. The average Bonchev–Trinajstić information content (AvgIpc) is 2.03. The topological polar surface area (TPSA) is 38.0 Å². The van der Waals surface area contributed by atoms with Crippen molar-refractivity contribution in [3.63, 3.8) is 0 Å². The van der Waals surface area contributed by atoms with Gasteiger partial charge in [0.05, 0.1) is 0 Å². The van der Waals surface area contributed by atoms with Gasteiger partial charge in [0.15, 0.2) is 0 Å². The van der Waals surface area contributed by atoms with Crippen molar-refractivity contribution in [3.05, 3.63) is 0 Å². The maximum absolute atomic E-state index is 6.09. The minimum Gasteiger partial charge on any atom is -0.327 e. The number of nitrogens with two attached hydrogens (primary N) is 1. The molecule has 0 amide bonds. The van der Waals surface area contributed by atoms with Gasteiger partial charge >= 0.3 is 0 Å². The van der Waals surface area contributed by atoms with Gasteiger partial charge in [0.2, 0.25) is 0 Å². The van der Waals surface area contributed by atoms with Crippen LogP contribution in [0.15, 0.2) is 0 Å². The highest BCUT2D eigenvalue weighted by Gasteiger charge is 2.65. The van der Waals surface area contributed by atoms with E-state index in [4.69, 9.17) is 5.73 Å². The molecule has 3 rings (SSSR count). The first-order chi connectivity index (χ1) is 5.34. The van der Waals surface area contributed by atoms with Crippen LogP contribution in [-0.2, 0) is 0 Å². The number of hydrogen-bond donors (Lipinski definition) is 2. The first-order valence-corrected chi connectivity index (χ1v) is 4.81. The van der Waals surface area contributed by atoms with Crippen LogP contribution in [0.4, 0.5) is 0 Å². The second-order valence-electron chi connectivity index (χ2n) is 4.53. The van der Waals surface area contributed by atoms with E-state index in [1.807, 2.05) is 0 Å². The number of rotatable bonds is 0. The molecule has 3 unspecified atom stereocenters. The molecule has 62 valence electrons. The lowest BCUT2D eigenvalue weighted by molar-refractivity contribution is -0.173. The molecule has 1 spiro atoms. The van der Waals surface area contributed by atoms with Crippen LogP contribution in [0.5, 0.6) is 0 Å². The van der Waals surface area contributed by atoms with E-state index in [0.29, 0.717) is 11.5 Å². The van der Waals surface area contributed by atoms with Crippen molar-refractivity contribution in [2.75, 3.05) is 13.1 Å². The van der Waals surface area contributed by atoms with Crippen LogP contribution in [-0.4, -0.2) is 19.1 Å². The first kappa shape index (κ1) is 6.44. The highest BCUT2D eigenvalue weighted by molar-refractivity contribution is 5.18. The van der Waals surface area contributed by atoms with Gasteiger partial charge in [0, 0.05) is 12.6 Å². The molecule has 0 radical (unpaired) electrons. The van der Waals surface area contributed by atoms with Crippen molar-refractivity contribution in [2.45, 2.75) is 25.3 Å². The number of hydrogen-bond acceptors (Lipinski definition) is 2. The Bertz CT molecular complexity index is 192. The summed E-state index contributed by atoms with van der Waals surface area (Å²) in [5.74, 6) is 1.77. The smallest absolute Gasteiger partial charge is 0.0108 e. The molecule has 11 heavy (non-hydrogen) atoms. The van der Waals surface area contributed by atoms with E-state index in [-0.39, 0.29) is 0 Å². The lowest BCUT2D eigenvalue weighted by Crippen LogP contribution is -2.74. The average molecular weight is 152 g/mol. The lowest BCUT2D eigenvalue weighted by Gasteiger charge is -2.70. The molecule has 1 aliphatic heterocycles. The predicted octanol–water partition coefficient (Wildman–Crippen LogP) is 0.333. The fraction of sp³-hybridized carbons (Fsp3) is 1.00. The lowest BCUT2D eigenvalue weighted by atomic mass is 9.38. The van der Waals surface area contributed by atoms with E-state index in [1.54, 1.807) is 0 Å². The minimum atomic E-state index is 0.561. The van der Waals surface area contributed by atoms with Gasteiger partial charge < -0.3 is 11.1 Å². The van der Waals surface area contributed by atoms with Gasteiger partial charge in [0.1, 0.15) is 0 Å². The summed E-state index contributed by atoms with van der Waals surface area (Å²) in [6, 6.07) is 0.561. The maximum atomic E-state index is 6.09. The number of piperidine rings is 1. The van der Waals surface area contributed by atoms with Gasteiger partial charge in [-0.3, -0.25) is 0 Å². The van der Waals surface area contributed by atoms with Gasteiger partial charge in [-0.25, -0.2) is 0 Å². The molecule has 3 aliphatic rings. The fourth-order valence-electron chi connectivity index (χ4n) is 3.67. The Morgan fingerprint density at radius 2 is 2.09 bits per heavy atom. The first-order valence-electron chi connectivity index (χ1n) is 4.81. The highest BCUT2D eigenvalue weighted by atomic mass is 15.0. The molecule has 1 heterocycles. The Labute approximate surface area is 67.5 Å². The summed E-state index contributed by atoms with van der Waals surface area (Å²) in [7, 11) is 0. The maximum Gasteiger partial charge on any atom is 0.0108 e. The SMILES string of the molecule is N[C@H]1C2CCNCC23CCC13. The summed E-state index contributed by atoms with van der Waals surface area (Å²) < 4.78 is 0. The van der Waals surface area contributed by atoms with E-state index in [2.05, 4.69) is 5.32 Å². The number of nitrogens with one attached hydrogen (secondary N) is 1. The summed E-state index contributed by atoms with van der Waals surface area (Å²) >= 11 is 0. The van der Waals surface area contributed by atoms with E-state index in [0.717, 1.165) is 11.8 Å². The van der Waals surface area contributed by atoms with Crippen LogP contribution < -0.4 is 11.1 Å². The second kappa shape index (κ2) is 1.80. The van der Waals surface area contributed by atoms with E-state index >= 15 is 0 Å². The van der Waals surface area contributed by atoms with Gasteiger partial charge in [-0.05, 0) is 43.1 Å². The van der Waals surface area contributed by atoms with Gasteiger partial charge in [-0.15, -0.1) is 0 Å². The zero-order valence-corrected chi connectivity index (χ0v) is 6.84. The summed E-state index contributed by atoms with van der Waals surface area (Å²) in [5.41, 5.74) is 6.78. The molecule has 2 aliphatic carbocycles. The van der Waals surface area contributed by atoms with Crippen LogP contribution in [0.25, 0.3) is 0 Å². The largest absolute Gasteiger partial charge is 0.327 e. The van der Waals surface area contributed by atoms with E-state index in [9.17, 15) is 0 Å². The molecule has 2 heteroatoms. The molecule has 0 aromatic heterocycles. The van der Waals surface area contributed by atoms with Crippen molar-refractivity contribution in [1.82, 2.24) is 5.32 Å². The molecule has 3 N–H and O–H groups in total. The Morgan fingerprint density at radius 1 is 1.27 bits per heavy atom. The second-order valence-corrected chi connectivity index (χ2v) is 4.53. The summed E-state index contributed by atoms with van der Waals surface area (Å²) in [5, 5.41) is 3.50. The summed E-state index contributed by atoms with van der Waals surface area (Å²) in [6.45, 7) is 2.46. The van der Waals surface area contributed by atoms with Crippen molar-refractivity contribution in [3.8, 4) is 0 Å². The van der Waals surface area contributed by atoms with Gasteiger partial charge in [0.25, 0.3) is 0 Å². The quantitative estimate of drug-likeness (QED) is 0.525. The van der Waals surface area contributed by atoms with Crippen LogP contribution in [0.1, 0.15) is 19.3 Å². The molecule has 0 aromatic rings. The normalized spacial score (nSPS) is 60.3. The Balaban J connectivity index is 1.86. The third-order valence-electron chi connectivity index (χ3n) is 4.41. The van der Waals surface area contributed by atoms with Crippen LogP contribution in [0.2, 0.25) is 0 Å². The van der Waals surface area contributed by atoms with Gasteiger partial charge in [-0.2, -0.15) is 0 Å². The zero-order valence-electron chi connectivity index (χ0n) is 6.84. The third-order valence-corrected chi connectivity index (χ3v) is 4.41. The molecule has 3 fully saturated rings. The predicted molar refractivity (Wildman–Crippen MR) is 44.1 cm³/mol. The molecule has 4 atom stereocenters. The Morgan fingerprint density at radius 3 is 2.73 bits per heavy atom. The van der Waals surface area contributed by atoms with E-state index in [1.165, 1.54) is 32.4 Å². The van der Waals surface area contributed by atoms with Crippen molar-refractivity contribution < 1.29 is 0 Å². The molecule has 2 saturated carbocycles. The van der Waals surface area contributed by atoms with Crippen molar-refractivity contribution in [2.24, 2.45) is 23.0 Å². The fourth-order valence-corrected chi connectivity index (χ4v) is 3.67. The third kappa shape index (κ3) is 0.541.